The van der Waals surface area contributed by atoms with E-state index in [2.05, 4.69) is 52.3 Å². The number of quaternary nitrogens is 1. The molecule has 3 nitrogen and oxygen atoms in total. The number of carboxylic acid groups (broad SMARTS) is 1. The van der Waals surface area contributed by atoms with Gasteiger partial charge in [0.05, 0.1) is 21.1 Å². The van der Waals surface area contributed by atoms with Crippen LogP contribution in [0.4, 0.5) is 5.69 Å². The van der Waals surface area contributed by atoms with Gasteiger partial charge in [0.25, 0.3) is 0 Å². The van der Waals surface area contributed by atoms with E-state index in [0.29, 0.717) is 0 Å². The summed E-state index contributed by atoms with van der Waals surface area (Å²) in [5.74, 6) is -0.911. The first-order chi connectivity index (χ1) is 10.9. The summed E-state index contributed by atoms with van der Waals surface area (Å²) in [4.78, 5) is 10.1. The molecule has 0 bridgehead atoms. The number of para-hydroxylation sites is 1. The van der Waals surface area contributed by atoms with Gasteiger partial charge in [-0.3, -0.25) is 4.48 Å². The van der Waals surface area contributed by atoms with E-state index < -0.39 is 5.97 Å². The van der Waals surface area contributed by atoms with Crippen molar-refractivity contribution in [2.45, 2.75) is 64.7 Å². The Morgan fingerprint density at radius 2 is 1.35 bits per heavy atom. The average Bonchev–Trinajstić information content (AvgIpc) is 2.50. The number of nitrogens with zero attached hydrogens (tertiary/aromatic N) is 1. The highest BCUT2D eigenvalue weighted by molar-refractivity contribution is 5.64. The summed E-state index contributed by atoms with van der Waals surface area (Å²) in [5, 5.41) is 10.1. The van der Waals surface area contributed by atoms with Gasteiger partial charge in [0.1, 0.15) is 5.69 Å². The fourth-order valence-corrected chi connectivity index (χ4v) is 2.28. The van der Waals surface area contributed by atoms with Crippen LogP contribution in [0.3, 0.4) is 0 Å². The standard InChI is InChI=1S/C11H22O2.C9H14N/c1-2-3-4-5-6-7-8-9-10-11(12)13;1-10(2,3)9-7-5-4-6-8-9/h2-10H2,1H3,(H,12,13);4-8H,1-3H3/q;+1/p-1. The van der Waals surface area contributed by atoms with Crippen LogP contribution in [0, 0.1) is 0 Å². The molecule has 3 heteroatoms. The summed E-state index contributed by atoms with van der Waals surface area (Å²) in [6.45, 7) is 2.21. The number of carbonyl (C=O) groups is 1. The minimum atomic E-state index is -0.911. The Kier molecular flexibility index (Phi) is 12.4. The third-order valence-electron chi connectivity index (χ3n) is 3.77. The lowest BCUT2D eigenvalue weighted by atomic mass is 10.1. The normalized spacial score (nSPS) is 10.8. The molecule has 1 aromatic rings. The van der Waals surface area contributed by atoms with Crippen LogP contribution in [-0.4, -0.2) is 27.1 Å². The number of benzene rings is 1. The Balaban J connectivity index is 0.000000433. The van der Waals surface area contributed by atoms with Crippen molar-refractivity contribution in [2.24, 2.45) is 0 Å². The molecule has 0 amide bonds. The van der Waals surface area contributed by atoms with Gasteiger partial charge in [0.15, 0.2) is 0 Å². The predicted molar refractivity (Wildman–Crippen MR) is 98.2 cm³/mol. The number of unbranched alkanes of at least 4 members (excludes halogenated alkanes) is 7. The molecule has 0 spiro atoms. The molecule has 0 N–H and O–H groups in total. The van der Waals surface area contributed by atoms with E-state index in [1.807, 2.05) is 6.07 Å². The van der Waals surface area contributed by atoms with Gasteiger partial charge < -0.3 is 9.90 Å². The average molecular weight is 322 g/mol. The van der Waals surface area contributed by atoms with Gasteiger partial charge >= 0.3 is 0 Å². The topological polar surface area (TPSA) is 40.1 Å². The van der Waals surface area contributed by atoms with Crippen molar-refractivity contribution >= 4 is 11.7 Å². The molecule has 132 valence electrons. The van der Waals surface area contributed by atoms with Crippen molar-refractivity contribution in [3.05, 3.63) is 30.3 Å². The second-order valence-corrected chi connectivity index (χ2v) is 6.94. The van der Waals surface area contributed by atoms with Crippen molar-refractivity contribution in [2.75, 3.05) is 21.1 Å². The van der Waals surface area contributed by atoms with Crippen LogP contribution in [0.25, 0.3) is 0 Å². The number of hydrogen-bond acceptors (Lipinski definition) is 2. The Hall–Kier alpha value is -1.35. The Morgan fingerprint density at radius 3 is 1.74 bits per heavy atom. The molecule has 0 aliphatic rings. The highest BCUT2D eigenvalue weighted by Gasteiger charge is 2.08. The summed E-state index contributed by atoms with van der Waals surface area (Å²) >= 11 is 0. The second kappa shape index (κ2) is 13.1. The van der Waals surface area contributed by atoms with Gasteiger partial charge in [0.2, 0.25) is 0 Å². The van der Waals surface area contributed by atoms with Crippen molar-refractivity contribution in [1.82, 2.24) is 4.48 Å². The van der Waals surface area contributed by atoms with Crippen molar-refractivity contribution in [3.8, 4) is 0 Å². The Morgan fingerprint density at radius 1 is 0.870 bits per heavy atom. The van der Waals surface area contributed by atoms with Crippen molar-refractivity contribution in [1.29, 1.82) is 0 Å². The number of hydrogen-bond donors (Lipinski definition) is 0. The first-order valence-electron chi connectivity index (χ1n) is 8.94. The van der Waals surface area contributed by atoms with Gasteiger partial charge in [-0.15, -0.1) is 0 Å². The molecule has 0 saturated carbocycles. The van der Waals surface area contributed by atoms with Gasteiger partial charge in [-0.05, 0) is 25.0 Å². The summed E-state index contributed by atoms with van der Waals surface area (Å²) in [6, 6.07) is 10.5. The molecule has 1 aromatic carbocycles. The van der Waals surface area contributed by atoms with E-state index in [4.69, 9.17) is 0 Å². The molecule has 0 heterocycles. The Labute approximate surface area is 142 Å². The third-order valence-corrected chi connectivity index (χ3v) is 3.77. The van der Waals surface area contributed by atoms with Crippen LogP contribution >= 0.6 is 0 Å². The molecule has 0 aliphatic carbocycles. The van der Waals surface area contributed by atoms with Crippen LogP contribution in [-0.2, 0) is 4.79 Å². The molecule has 0 aromatic heterocycles. The van der Waals surface area contributed by atoms with E-state index in [-0.39, 0.29) is 6.42 Å². The summed E-state index contributed by atoms with van der Waals surface area (Å²) in [5.41, 5.74) is 1.34. The SMILES string of the molecule is CCCCCCCCCCC(=O)[O-].C[N+](C)(C)c1ccccc1. The number of rotatable bonds is 10. The van der Waals surface area contributed by atoms with Crippen molar-refractivity contribution < 1.29 is 9.90 Å². The molecular weight excluding hydrogens is 286 g/mol. The fraction of sp³-hybridized carbons (Fsp3) is 0.650. The Bertz CT molecular complexity index is 396. The first kappa shape index (κ1) is 21.6. The van der Waals surface area contributed by atoms with Crippen LogP contribution in [0.5, 0.6) is 0 Å². The zero-order chi connectivity index (χ0) is 17.6. The summed E-state index contributed by atoms with van der Waals surface area (Å²) in [6.07, 6.45) is 9.75. The molecule has 0 saturated heterocycles. The lowest BCUT2D eigenvalue weighted by molar-refractivity contribution is -0.305. The minimum absolute atomic E-state index is 0.231. The van der Waals surface area contributed by atoms with E-state index in [1.165, 1.54) is 44.2 Å². The quantitative estimate of drug-likeness (QED) is 0.480. The first-order valence-corrected chi connectivity index (χ1v) is 8.94. The van der Waals surface area contributed by atoms with Crippen molar-refractivity contribution in [3.63, 3.8) is 0 Å². The molecule has 1 rings (SSSR count). The second-order valence-electron chi connectivity index (χ2n) is 6.94. The highest BCUT2D eigenvalue weighted by atomic mass is 16.4. The monoisotopic (exact) mass is 321 g/mol. The molecule has 0 fully saturated rings. The molecular formula is C20H35NO2. The highest BCUT2D eigenvalue weighted by Crippen LogP contribution is 2.14. The lowest BCUT2D eigenvalue weighted by Crippen LogP contribution is -2.34. The number of carboxylic acids is 1. The van der Waals surface area contributed by atoms with E-state index >= 15 is 0 Å². The minimum Gasteiger partial charge on any atom is -0.550 e. The third kappa shape index (κ3) is 14.0. The zero-order valence-corrected chi connectivity index (χ0v) is 15.5. The molecule has 0 unspecified atom stereocenters. The molecule has 0 radical (unpaired) electrons. The molecule has 23 heavy (non-hydrogen) atoms. The number of aliphatic carboxylic acids is 1. The van der Waals surface area contributed by atoms with Crippen LogP contribution < -0.4 is 9.59 Å². The van der Waals surface area contributed by atoms with E-state index in [1.54, 1.807) is 0 Å². The van der Waals surface area contributed by atoms with Gasteiger partial charge in [-0.1, -0.05) is 70.1 Å². The van der Waals surface area contributed by atoms with Gasteiger partial charge in [-0.2, -0.15) is 0 Å². The lowest BCUT2D eigenvalue weighted by Gasteiger charge is -2.22. The molecule has 0 atom stereocenters. The van der Waals surface area contributed by atoms with Gasteiger partial charge in [0, 0.05) is 5.97 Å². The maximum absolute atomic E-state index is 10.1. The smallest absolute Gasteiger partial charge is 0.132 e. The van der Waals surface area contributed by atoms with E-state index in [0.717, 1.165) is 17.3 Å². The van der Waals surface area contributed by atoms with Crippen LogP contribution in [0.2, 0.25) is 0 Å². The fourth-order valence-electron chi connectivity index (χ4n) is 2.28. The summed E-state index contributed by atoms with van der Waals surface area (Å²) in [7, 11) is 6.49. The van der Waals surface area contributed by atoms with Crippen LogP contribution in [0.15, 0.2) is 30.3 Å². The van der Waals surface area contributed by atoms with Crippen LogP contribution in [0.1, 0.15) is 64.7 Å². The number of carbonyl (C=O) groups excluding carboxylic acids is 1. The molecule has 0 aliphatic heterocycles. The zero-order valence-electron chi connectivity index (χ0n) is 15.5. The van der Waals surface area contributed by atoms with Gasteiger partial charge in [-0.25, -0.2) is 0 Å². The predicted octanol–water partition coefficient (Wildman–Crippen LogP) is 4.15. The maximum atomic E-state index is 10.1. The summed E-state index contributed by atoms with van der Waals surface area (Å²) < 4.78 is 0.890. The largest absolute Gasteiger partial charge is 0.550 e. The van der Waals surface area contributed by atoms with E-state index in [9.17, 15) is 9.90 Å². The maximum Gasteiger partial charge on any atom is 0.132 e.